The van der Waals surface area contributed by atoms with Gasteiger partial charge in [-0.15, -0.1) is 0 Å². The van der Waals surface area contributed by atoms with Crippen molar-refractivity contribution < 1.29 is 27.8 Å². The van der Waals surface area contributed by atoms with E-state index in [-0.39, 0.29) is 17.7 Å². The minimum Gasteiger partial charge on any atom is -0.466 e. The largest absolute Gasteiger partial charge is 0.466 e. The summed E-state index contributed by atoms with van der Waals surface area (Å²) in [5, 5.41) is 17.9. The SMILES string of the molecule is CCOC(=O)Cc1ccc(C#N)c(CO)c1C(F)(F)F. The second kappa shape index (κ2) is 6.39. The molecule has 108 valence electrons. The van der Waals surface area contributed by atoms with E-state index in [0.717, 1.165) is 12.1 Å². The van der Waals surface area contributed by atoms with Gasteiger partial charge in [-0.3, -0.25) is 4.79 Å². The Morgan fingerprint density at radius 3 is 2.55 bits per heavy atom. The first-order valence-corrected chi connectivity index (χ1v) is 5.73. The second-order valence-corrected chi connectivity index (χ2v) is 3.88. The first-order chi connectivity index (χ1) is 9.35. The fourth-order valence-electron chi connectivity index (χ4n) is 1.83. The zero-order chi connectivity index (χ0) is 15.3. The lowest BCUT2D eigenvalue weighted by atomic mass is 9.94. The van der Waals surface area contributed by atoms with E-state index in [1.165, 1.54) is 0 Å². The van der Waals surface area contributed by atoms with Crippen LogP contribution in [0.25, 0.3) is 0 Å². The first kappa shape index (κ1) is 16.0. The van der Waals surface area contributed by atoms with Crippen LogP contribution in [0.4, 0.5) is 13.2 Å². The van der Waals surface area contributed by atoms with Crippen LogP contribution in [0.3, 0.4) is 0 Å². The van der Waals surface area contributed by atoms with Crippen molar-refractivity contribution in [2.75, 3.05) is 6.61 Å². The van der Waals surface area contributed by atoms with Crippen molar-refractivity contribution in [2.45, 2.75) is 26.1 Å². The van der Waals surface area contributed by atoms with E-state index >= 15 is 0 Å². The summed E-state index contributed by atoms with van der Waals surface area (Å²) in [4.78, 5) is 11.3. The Kier molecular flexibility index (Phi) is 5.11. The summed E-state index contributed by atoms with van der Waals surface area (Å²) in [6.45, 7) is 0.665. The van der Waals surface area contributed by atoms with Gasteiger partial charge in [0.25, 0.3) is 0 Å². The van der Waals surface area contributed by atoms with Crippen molar-refractivity contribution >= 4 is 5.97 Å². The van der Waals surface area contributed by atoms with Gasteiger partial charge in [0.05, 0.1) is 36.8 Å². The highest BCUT2D eigenvalue weighted by molar-refractivity contribution is 5.73. The van der Waals surface area contributed by atoms with Gasteiger partial charge in [-0.1, -0.05) is 6.07 Å². The number of aliphatic hydroxyl groups excluding tert-OH is 1. The molecule has 0 aromatic heterocycles. The van der Waals surface area contributed by atoms with Gasteiger partial charge in [0, 0.05) is 5.56 Å². The standard InChI is InChI=1S/C13H12F3NO3/c1-2-20-11(19)5-8-3-4-9(6-17)10(7-18)12(8)13(14,15)16/h3-4,18H,2,5,7H2,1H3. The average Bonchev–Trinajstić information content (AvgIpc) is 2.36. The molecular weight excluding hydrogens is 275 g/mol. The van der Waals surface area contributed by atoms with Crippen molar-refractivity contribution in [3.63, 3.8) is 0 Å². The number of nitriles is 1. The Morgan fingerprint density at radius 1 is 1.45 bits per heavy atom. The molecule has 1 aromatic carbocycles. The van der Waals surface area contributed by atoms with Crippen LogP contribution in [0.1, 0.15) is 29.2 Å². The van der Waals surface area contributed by atoms with E-state index in [1.54, 1.807) is 13.0 Å². The molecule has 0 aliphatic heterocycles. The Morgan fingerprint density at radius 2 is 2.10 bits per heavy atom. The van der Waals surface area contributed by atoms with Crippen LogP contribution in [0, 0.1) is 11.3 Å². The highest BCUT2D eigenvalue weighted by Crippen LogP contribution is 2.36. The quantitative estimate of drug-likeness (QED) is 0.862. The third-order valence-corrected chi connectivity index (χ3v) is 2.60. The number of ether oxygens (including phenoxy) is 1. The summed E-state index contributed by atoms with van der Waals surface area (Å²) >= 11 is 0. The number of aliphatic hydroxyl groups is 1. The third kappa shape index (κ3) is 3.48. The summed E-state index contributed by atoms with van der Waals surface area (Å²) in [5.74, 6) is -0.799. The molecule has 0 aliphatic carbocycles. The number of carbonyl (C=O) groups excluding carboxylic acids is 1. The van der Waals surface area contributed by atoms with Gasteiger partial charge in [0.2, 0.25) is 0 Å². The third-order valence-electron chi connectivity index (χ3n) is 2.60. The lowest BCUT2D eigenvalue weighted by Gasteiger charge is -2.17. The number of halogens is 3. The van der Waals surface area contributed by atoms with Crippen molar-refractivity contribution in [2.24, 2.45) is 0 Å². The zero-order valence-corrected chi connectivity index (χ0v) is 10.6. The van der Waals surface area contributed by atoms with Crippen LogP contribution in [-0.4, -0.2) is 17.7 Å². The van der Waals surface area contributed by atoms with Crippen LogP contribution in [0.15, 0.2) is 12.1 Å². The molecule has 1 N–H and O–H groups in total. The van der Waals surface area contributed by atoms with Crippen molar-refractivity contribution in [1.29, 1.82) is 5.26 Å². The molecule has 0 spiro atoms. The monoisotopic (exact) mass is 287 g/mol. The molecule has 0 saturated carbocycles. The fourth-order valence-corrected chi connectivity index (χ4v) is 1.83. The van der Waals surface area contributed by atoms with Gasteiger partial charge in [0.1, 0.15) is 0 Å². The van der Waals surface area contributed by atoms with Crippen molar-refractivity contribution in [3.05, 3.63) is 34.4 Å². The van der Waals surface area contributed by atoms with Gasteiger partial charge in [0.15, 0.2) is 0 Å². The lowest BCUT2D eigenvalue weighted by Crippen LogP contribution is -2.18. The molecule has 0 saturated heterocycles. The average molecular weight is 287 g/mol. The Hall–Kier alpha value is -2.07. The molecular formula is C13H12F3NO3. The first-order valence-electron chi connectivity index (χ1n) is 5.73. The maximum absolute atomic E-state index is 13.1. The van der Waals surface area contributed by atoms with E-state index in [1.807, 2.05) is 0 Å². The molecule has 1 rings (SSSR count). The molecule has 0 bridgehead atoms. The number of benzene rings is 1. The number of alkyl halides is 3. The Balaban J connectivity index is 3.38. The summed E-state index contributed by atoms with van der Waals surface area (Å²) in [5.41, 5.74) is -2.26. The van der Waals surface area contributed by atoms with E-state index in [0.29, 0.717) is 0 Å². The Bertz CT molecular complexity index is 547. The lowest BCUT2D eigenvalue weighted by molar-refractivity contribution is -0.143. The molecule has 4 nitrogen and oxygen atoms in total. The Labute approximate surface area is 113 Å². The molecule has 0 fully saturated rings. The number of hydrogen-bond acceptors (Lipinski definition) is 4. The number of carbonyl (C=O) groups is 1. The topological polar surface area (TPSA) is 70.3 Å². The normalized spacial score (nSPS) is 11.0. The predicted octanol–water partition coefficient (Wildman–Crippen LogP) is 2.17. The minimum absolute atomic E-state index is 0.0588. The fraction of sp³-hybridized carbons (Fsp3) is 0.385. The molecule has 20 heavy (non-hydrogen) atoms. The molecule has 0 heterocycles. The van der Waals surface area contributed by atoms with E-state index in [9.17, 15) is 18.0 Å². The molecule has 0 radical (unpaired) electrons. The maximum Gasteiger partial charge on any atom is 0.417 e. The number of hydrogen-bond donors (Lipinski definition) is 1. The minimum atomic E-state index is -4.77. The molecule has 7 heteroatoms. The van der Waals surface area contributed by atoms with Gasteiger partial charge in [-0.25, -0.2) is 0 Å². The van der Waals surface area contributed by atoms with Gasteiger partial charge >= 0.3 is 12.1 Å². The molecule has 0 atom stereocenters. The summed E-state index contributed by atoms with van der Waals surface area (Å²) in [6, 6.07) is 3.79. The number of esters is 1. The van der Waals surface area contributed by atoms with Crippen molar-refractivity contribution in [1.82, 2.24) is 0 Å². The van der Waals surface area contributed by atoms with Crippen LogP contribution in [-0.2, 0) is 28.7 Å². The van der Waals surface area contributed by atoms with Crippen molar-refractivity contribution in [3.8, 4) is 6.07 Å². The summed E-state index contributed by atoms with van der Waals surface area (Å²) in [6.07, 6.45) is -5.34. The molecule has 1 aromatic rings. The molecule has 0 amide bonds. The van der Waals surface area contributed by atoms with Gasteiger partial charge in [-0.05, 0) is 18.6 Å². The van der Waals surface area contributed by atoms with Crippen LogP contribution < -0.4 is 0 Å². The van der Waals surface area contributed by atoms with Gasteiger partial charge < -0.3 is 9.84 Å². The zero-order valence-electron chi connectivity index (χ0n) is 10.6. The van der Waals surface area contributed by atoms with E-state index in [2.05, 4.69) is 4.74 Å². The molecule has 0 unspecified atom stereocenters. The number of rotatable bonds is 4. The molecule has 0 aliphatic rings. The summed E-state index contributed by atoms with van der Waals surface area (Å²) in [7, 11) is 0. The van der Waals surface area contributed by atoms with Gasteiger partial charge in [-0.2, -0.15) is 18.4 Å². The number of nitrogens with zero attached hydrogens (tertiary/aromatic N) is 1. The maximum atomic E-state index is 13.1. The van der Waals surface area contributed by atoms with Crippen LogP contribution in [0.2, 0.25) is 0 Å². The van der Waals surface area contributed by atoms with E-state index in [4.69, 9.17) is 10.4 Å². The second-order valence-electron chi connectivity index (χ2n) is 3.88. The highest BCUT2D eigenvalue weighted by atomic mass is 19.4. The van der Waals surface area contributed by atoms with Crippen LogP contribution >= 0.6 is 0 Å². The summed E-state index contributed by atoms with van der Waals surface area (Å²) < 4.78 is 43.8. The predicted molar refractivity (Wildman–Crippen MR) is 62.4 cm³/mol. The van der Waals surface area contributed by atoms with Crippen LogP contribution in [0.5, 0.6) is 0 Å². The smallest absolute Gasteiger partial charge is 0.417 e. The highest BCUT2D eigenvalue weighted by Gasteiger charge is 2.37. The van der Waals surface area contributed by atoms with E-state index < -0.39 is 36.3 Å².